The number of fused-ring (bicyclic) bond motifs is 1. The fourth-order valence-corrected chi connectivity index (χ4v) is 5.90. The minimum absolute atomic E-state index is 0.143. The minimum atomic E-state index is -4.55. The van der Waals surface area contributed by atoms with Crippen molar-refractivity contribution in [2.45, 2.75) is 91.7 Å². The number of aromatic nitrogens is 1. The molecule has 0 radical (unpaired) electrons. The molecule has 0 bridgehead atoms. The number of thiazole rings is 1. The fraction of sp³-hybridized carbons (Fsp3) is 0.679. The molecule has 1 aliphatic heterocycles. The Morgan fingerprint density at radius 1 is 1.21 bits per heavy atom. The molecule has 6 nitrogen and oxygen atoms in total. The third kappa shape index (κ3) is 7.12. The molecule has 0 unspecified atom stereocenters. The summed E-state index contributed by atoms with van der Waals surface area (Å²) >= 11 is 1.42. The van der Waals surface area contributed by atoms with E-state index < -0.39 is 65.5 Å². The van der Waals surface area contributed by atoms with E-state index in [0.29, 0.717) is 17.7 Å². The number of Topliss-reactive ketones (excluding diaryl/α,β-unsaturated/α-hetero) is 1. The van der Waals surface area contributed by atoms with Gasteiger partial charge in [-0.1, -0.05) is 33.8 Å². The maximum atomic E-state index is 14.0. The van der Waals surface area contributed by atoms with Crippen LogP contribution in [0, 0.1) is 36.0 Å². The molecule has 0 amide bonds. The summed E-state index contributed by atoms with van der Waals surface area (Å²) in [4.78, 5) is 30.5. The number of hydrogen-bond donors (Lipinski definition) is 2. The Labute approximate surface area is 226 Å². The summed E-state index contributed by atoms with van der Waals surface area (Å²) in [6, 6.07) is 0. The maximum Gasteiger partial charge on any atom is 0.412 e. The Kier molecular flexibility index (Phi) is 9.31. The number of aliphatic hydroxyl groups excluding tert-OH is 2. The van der Waals surface area contributed by atoms with Gasteiger partial charge in [0, 0.05) is 23.3 Å². The number of esters is 1. The van der Waals surface area contributed by atoms with Crippen molar-refractivity contribution in [2.24, 2.45) is 29.1 Å². The number of allylic oxidation sites excluding steroid dienone is 1. The van der Waals surface area contributed by atoms with Crippen LogP contribution in [0.3, 0.4) is 0 Å². The number of cyclic esters (lactones) is 1. The van der Waals surface area contributed by atoms with Gasteiger partial charge in [-0.15, -0.1) is 11.3 Å². The molecular weight excluding hydrogens is 519 g/mol. The Bertz CT molecular complexity index is 1090. The van der Waals surface area contributed by atoms with Gasteiger partial charge < -0.3 is 14.9 Å². The van der Waals surface area contributed by atoms with Crippen LogP contribution in [0.4, 0.5) is 13.2 Å². The molecule has 1 aromatic rings. The molecule has 0 spiro atoms. The van der Waals surface area contributed by atoms with Crippen molar-refractivity contribution in [3.63, 3.8) is 0 Å². The van der Waals surface area contributed by atoms with E-state index in [4.69, 9.17) is 4.74 Å². The molecule has 2 aliphatic rings. The highest BCUT2D eigenvalue weighted by atomic mass is 32.1. The molecule has 10 heteroatoms. The third-order valence-electron chi connectivity index (χ3n) is 8.16. The Morgan fingerprint density at radius 2 is 1.87 bits per heavy atom. The summed E-state index contributed by atoms with van der Waals surface area (Å²) in [6.07, 6.45) is -5.66. The number of carbonyl (C=O) groups is 2. The number of halogens is 3. The highest BCUT2D eigenvalue weighted by Gasteiger charge is 2.49. The summed E-state index contributed by atoms with van der Waals surface area (Å²) < 4.78 is 47.5. The van der Waals surface area contributed by atoms with Crippen LogP contribution in [0.5, 0.6) is 0 Å². The van der Waals surface area contributed by atoms with E-state index in [1.54, 1.807) is 32.2 Å². The average molecular weight is 558 g/mol. The van der Waals surface area contributed by atoms with Gasteiger partial charge in [-0.05, 0) is 56.1 Å². The molecule has 1 aliphatic carbocycles. The van der Waals surface area contributed by atoms with Crippen molar-refractivity contribution in [2.75, 3.05) is 0 Å². The maximum absolute atomic E-state index is 14.0. The van der Waals surface area contributed by atoms with Gasteiger partial charge >= 0.3 is 12.1 Å². The Hall–Kier alpha value is -2.04. The predicted octanol–water partition coefficient (Wildman–Crippen LogP) is 5.66. The van der Waals surface area contributed by atoms with Crippen molar-refractivity contribution in [3.05, 3.63) is 33.3 Å². The van der Waals surface area contributed by atoms with Crippen LogP contribution in [0.25, 0.3) is 6.08 Å². The zero-order valence-corrected chi connectivity index (χ0v) is 23.5. The zero-order valence-electron chi connectivity index (χ0n) is 22.7. The smallest absolute Gasteiger partial charge is 0.412 e. The molecule has 1 fully saturated rings. The molecule has 7 atom stereocenters. The molecule has 0 saturated heterocycles. The van der Waals surface area contributed by atoms with E-state index in [0.717, 1.165) is 11.1 Å². The SMILES string of the molecule is CC(=Cc1csc(C)n1)[C@H]1C/C=C(/C(F)(F)F)C[C@H]2C[C@H]2[C@@H](C)[C@H](O)[C@@H](C)C(=O)C(C)(C)[C@@H](O)CC(=O)O1. The van der Waals surface area contributed by atoms with Crippen molar-refractivity contribution in [3.8, 4) is 0 Å². The van der Waals surface area contributed by atoms with E-state index in [9.17, 15) is 33.0 Å². The number of aliphatic hydroxyl groups is 2. The highest BCUT2D eigenvalue weighted by molar-refractivity contribution is 7.09. The van der Waals surface area contributed by atoms with Crippen LogP contribution in [0.1, 0.15) is 71.0 Å². The molecule has 1 saturated carbocycles. The van der Waals surface area contributed by atoms with Crippen LogP contribution in [-0.4, -0.2) is 51.4 Å². The summed E-state index contributed by atoms with van der Waals surface area (Å²) in [7, 11) is 0. The van der Waals surface area contributed by atoms with Gasteiger partial charge in [-0.3, -0.25) is 9.59 Å². The van der Waals surface area contributed by atoms with Gasteiger partial charge in [0.2, 0.25) is 0 Å². The number of ether oxygens (including phenoxy) is 1. The van der Waals surface area contributed by atoms with Crippen molar-refractivity contribution < 1.29 is 37.7 Å². The number of hydrogen-bond acceptors (Lipinski definition) is 7. The van der Waals surface area contributed by atoms with E-state index in [1.165, 1.54) is 25.2 Å². The van der Waals surface area contributed by atoms with Crippen LogP contribution in [0.2, 0.25) is 0 Å². The Morgan fingerprint density at radius 3 is 2.45 bits per heavy atom. The number of aryl methyl sites for hydroxylation is 1. The number of rotatable bonds is 2. The lowest BCUT2D eigenvalue weighted by atomic mass is 9.72. The number of carbonyl (C=O) groups excluding carboxylic acids is 2. The molecule has 2 N–H and O–H groups in total. The van der Waals surface area contributed by atoms with Gasteiger partial charge in [0.05, 0.1) is 34.7 Å². The van der Waals surface area contributed by atoms with Gasteiger partial charge in [-0.25, -0.2) is 4.98 Å². The first-order chi connectivity index (χ1) is 17.5. The highest BCUT2D eigenvalue weighted by Crippen LogP contribution is 2.51. The van der Waals surface area contributed by atoms with E-state index >= 15 is 0 Å². The molecule has 2 heterocycles. The van der Waals surface area contributed by atoms with Gasteiger partial charge in [-0.2, -0.15) is 13.2 Å². The number of nitrogens with zero attached hydrogens (tertiary/aromatic N) is 1. The second kappa shape index (κ2) is 11.6. The first kappa shape index (κ1) is 30.5. The molecule has 0 aromatic carbocycles. The minimum Gasteiger partial charge on any atom is -0.457 e. The summed E-state index contributed by atoms with van der Waals surface area (Å²) in [6.45, 7) is 9.86. The monoisotopic (exact) mass is 557 g/mol. The lowest BCUT2D eigenvalue weighted by Crippen LogP contribution is -2.46. The lowest BCUT2D eigenvalue weighted by Gasteiger charge is -2.34. The van der Waals surface area contributed by atoms with Crippen molar-refractivity contribution >= 4 is 29.2 Å². The summed E-state index contributed by atoms with van der Waals surface area (Å²) in [5.74, 6) is -2.91. The van der Waals surface area contributed by atoms with Crippen LogP contribution in [0.15, 0.2) is 22.6 Å². The standard InChI is InChI=1S/C28H38F3NO5S/c1-14(9-20-13-38-17(4)32-20)22-8-7-19(28(29,30)31)10-18-11-21(18)15(2)25(35)16(3)26(36)27(5,6)23(33)12-24(34)37-22/h7,9,13,15-16,18,21-23,25,33,35H,8,10-12H2,1-6H3/b14-9?,19-7+/t15-,16-,18+,21+,22-,23+,25+/m1/s1. The van der Waals surface area contributed by atoms with Crippen LogP contribution < -0.4 is 0 Å². The molecule has 1 aromatic heterocycles. The van der Waals surface area contributed by atoms with E-state index in [1.807, 2.05) is 6.92 Å². The summed E-state index contributed by atoms with van der Waals surface area (Å²) in [5, 5.41) is 24.4. The van der Waals surface area contributed by atoms with E-state index in [-0.39, 0.29) is 24.7 Å². The summed E-state index contributed by atoms with van der Waals surface area (Å²) in [5.41, 5.74) is -0.909. The normalized spacial score (nSPS) is 35.2. The second-order valence-electron chi connectivity index (χ2n) is 11.4. The third-order valence-corrected chi connectivity index (χ3v) is 8.96. The largest absolute Gasteiger partial charge is 0.457 e. The predicted molar refractivity (Wildman–Crippen MR) is 139 cm³/mol. The number of alkyl halides is 3. The first-order valence-corrected chi connectivity index (χ1v) is 13.9. The van der Waals surface area contributed by atoms with Crippen LogP contribution >= 0.6 is 11.3 Å². The quantitative estimate of drug-likeness (QED) is 0.360. The zero-order chi connectivity index (χ0) is 28.6. The number of ketones is 1. The molecule has 38 heavy (non-hydrogen) atoms. The fourth-order valence-electron chi connectivity index (χ4n) is 5.33. The molecular formula is C28H38F3NO5S. The average Bonchev–Trinajstić information content (AvgIpc) is 3.48. The molecule has 212 valence electrons. The van der Waals surface area contributed by atoms with Gasteiger partial charge in [0.25, 0.3) is 0 Å². The van der Waals surface area contributed by atoms with Gasteiger partial charge in [0.15, 0.2) is 0 Å². The topological polar surface area (TPSA) is 96.7 Å². The van der Waals surface area contributed by atoms with Gasteiger partial charge in [0.1, 0.15) is 11.9 Å². The van der Waals surface area contributed by atoms with Crippen molar-refractivity contribution in [1.82, 2.24) is 4.98 Å². The lowest BCUT2D eigenvalue weighted by molar-refractivity contribution is -0.154. The first-order valence-electron chi connectivity index (χ1n) is 13.0. The second-order valence-corrected chi connectivity index (χ2v) is 12.5. The Balaban J connectivity index is 1.98. The van der Waals surface area contributed by atoms with Crippen molar-refractivity contribution in [1.29, 1.82) is 0 Å². The van der Waals surface area contributed by atoms with Crippen LogP contribution in [-0.2, 0) is 14.3 Å². The van der Waals surface area contributed by atoms with E-state index in [2.05, 4.69) is 4.98 Å². The molecule has 3 rings (SSSR count).